The molecule has 6 nitrogen and oxygen atoms in total. The Morgan fingerprint density at radius 3 is 2.61 bits per heavy atom. The number of benzene rings is 2. The molecule has 2 aromatic carbocycles. The monoisotopic (exact) mass is 494 g/mol. The van der Waals surface area contributed by atoms with Gasteiger partial charge in [-0.25, -0.2) is 4.39 Å². The number of aliphatic hydroxyl groups excluding tert-OH is 1. The van der Waals surface area contributed by atoms with E-state index in [0.717, 1.165) is 5.56 Å². The molecule has 0 bridgehead atoms. The lowest BCUT2D eigenvalue weighted by Crippen LogP contribution is -2.57. The fraction of sp³-hybridized carbons (Fsp3) is 0.333. The van der Waals surface area contributed by atoms with E-state index in [1.54, 1.807) is 17.0 Å². The number of aryl methyl sites for hydroxylation is 1. The molecule has 1 unspecified atom stereocenters. The van der Waals surface area contributed by atoms with Crippen molar-refractivity contribution < 1.29 is 23.8 Å². The molecule has 1 N–H and O–H groups in total. The summed E-state index contributed by atoms with van der Waals surface area (Å²) in [6.45, 7) is 4.18. The molecule has 1 aliphatic heterocycles. The molecule has 9 heteroatoms. The van der Waals surface area contributed by atoms with Gasteiger partial charge in [0.15, 0.2) is 0 Å². The van der Waals surface area contributed by atoms with Crippen molar-refractivity contribution in [3.05, 3.63) is 64.4 Å². The van der Waals surface area contributed by atoms with Gasteiger partial charge in [0.1, 0.15) is 11.6 Å². The number of halogens is 3. The number of methoxy groups -OCH3 is 1. The first-order valence-corrected chi connectivity index (χ1v) is 11.2. The zero-order chi connectivity index (χ0) is 24.1. The van der Waals surface area contributed by atoms with Crippen LogP contribution in [0.4, 0.5) is 4.39 Å². The second kappa shape index (κ2) is 11.0. The van der Waals surface area contributed by atoms with Crippen LogP contribution in [-0.4, -0.2) is 66.1 Å². The summed E-state index contributed by atoms with van der Waals surface area (Å²) >= 11 is 12.7. The molecule has 1 fully saturated rings. The third kappa shape index (κ3) is 5.66. The van der Waals surface area contributed by atoms with Gasteiger partial charge in [-0.1, -0.05) is 29.8 Å². The number of hydrogen-bond acceptors (Lipinski definition) is 4. The van der Waals surface area contributed by atoms with Crippen LogP contribution in [0.5, 0.6) is 5.75 Å². The molecule has 0 radical (unpaired) electrons. The SMILES string of the molecule is C=CC(=O)N1CCN(C(=O)CCc2cc(-c3cc(F)ccc3Cl)c(Cl)cc2OC)CC1CO. The summed E-state index contributed by atoms with van der Waals surface area (Å²) < 4.78 is 19.2. The zero-order valence-electron chi connectivity index (χ0n) is 18.2. The molecule has 1 atom stereocenters. The Morgan fingerprint density at radius 1 is 1.21 bits per heavy atom. The summed E-state index contributed by atoms with van der Waals surface area (Å²) in [7, 11) is 1.51. The fourth-order valence-corrected chi connectivity index (χ4v) is 4.42. The van der Waals surface area contributed by atoms with E-state index >= 15 is 0 Å². The molecule has 33 heavy (non-hydrogen) atoms. The number of nitrogens with zero attached hydrogens (tertiary/aromatic N) is 2. The van der Waals surface area contributed by atoms with Crippen LogP contribution >= 0.6 is 23.2 Å². The fourth-order valence-electron chi connectivity index (χ4n) is 3.94. The van der Waals surface area contributed by atoms with Crippen molar-refractivity contribution in [2.45, 2.75) is 18.9 Å². The highest BCUT2D eigenvalue weighted by atomic mass is 35.5. The Bertz CT molecular complexity index is 1060. The first-order valence-electron chi connectivity index (χ1n) is 10.4. The van der Waals surface area contributed by atoms with E-state index in [-0.39, 0.29) is 31.4 Å². The Kier molecular flexibility index (Phi) is 8.35. The maximum Gasteiger partial charge on any atom is 0.246 e. The molecule has 2 aromatic rings. The Balaban J connectivity index is 1.77. The smallest absolute Gasteiger partial charge is 0.246 e. The van der Waals surface area contributed by atoms with Crippen molar-refractivity contribution in [3.8, 4) is 16.9 Å². The molecular weight excluding hydrogens is 470 g/mol. The molecular formula is C24H25Cl2FN2O4. The molecule has 0 spiro atoms. The Labute approximate surface area is 202 Å². The van der Waals surface area contributed by atoms with E-state index in [4.69, 9.17) is 27.9 Å². The van der Waals surface area contributed by atoms with E-state index in [0.29, 0.717) is 46.4 Å². The summed E-state index contributed by atoms with van der Waals surface area (Å²) in [4.78, 5) is 28.0. The maximum atomic E-state index is 13.8. The normalized spacial score (nSPS) is 16.0. The van der Waals surface area contributed by atoms with Crippen LogP contribution in [-0.2, 0) is 16.0 Å². The first kappa shape index (κ1) is 25.0. The van der Waals surface area contributed by atoms with Crippen molar-refractivity contribution in [2.24, 2.45) is 0 Å². The minimum Gasteiger partial charge on any atom is -0.496 e. The predicted octanol–water partition coefficient (Wildman–Crippen LogP) is 3.96. The average molecular weight is 495 g/mol. The van der Waals surface area contributed by atoms with Crippen molar-refractivity contribution in [1.29, 1.82) is 0 Å². The van der Waals surface area contributed by atoms with Crippen LogP contribution in [0.1, 0.15) is 12.0 Å². The summed E-state index contributed by atoms with van der Waals surface area (Å²) in [5.74, 6) is -0.304. The molecule has 1 aliphatic rings. The molecule has 0 aromatic heterocycles. The predicted molar refractivity (Wildman–Crippen MR) is 126 cm³/mol. The molecule has 1 saturated heterocycles. The van der Waals surface area contributed by atoms with Crippen LogP contribution in [0.25, 0.3) is 11.1 Å². The number of ether oxygens (including phenoxy) is 1. The van der Waals surface area contributed by atoms with Gasteiger partial charge in [0.05, 0.1) is 24.8 Å². The largest absolute Gasteiger partial charge is 0.496 e. The lowest BCUT2D eigenvalue weighted by Gasteiger charge is -2.40. The second-order valence-electron chi connectivity index (χ2n) is 7.68. The third-order valence-electron chi connectivity index (χ3n) is 5.70. The van der Waals surface area contributed by atoms with Crippen LogP contribution < -0.4 is 4.74 Å². The number of rotatable bonds is 7. The van der Waals surface area contributed by atoms with Gasteiger partial charge in [-0.3, -0.25) is 9.59 Å². The van der Waals surface area contributed by atoms with E-state index in [1.807, 2.05) is 0 Å². The second-order valence-corrected chi connectivity index (χ2v) is 8.49. The number of hydrogen-bond donors (Lipinski definition) is 1. The number of amides is 2. The lowest BCUT2D eigenvalue weighted by molar-refractivity contribution is -0.141. The standard InChI is InChI=1S/C24H25Cl2FN2O4/c1-3-23(31)29-9-8-28(13-17(29)14-30)24(32)7-4-15-10-18(21(26)12-22(15)33-2)19-11-16(27)5-6-20(19)25/h3,5-6,10-12,17,30H,1,4,7-9,13-14H2,2H3. The Hall–Kier alpha value is -2.61. The van der Waals surface area contributed by atoms with Gasteiger partial charge >= 0.3 is 0 Å². The highest BCUT2D eigenvalue weighted by molar-refractivity contribution is 6.36. The van der Waals surface area contributed by atoms with E-state index in [9.17, 15) is 19.1 Å². The maximum absolute atomic E-state index is 13.8. The van der Waals surface area contributed by atoms with Crippen molar-refractivity contribution in [1.82, 2.24) is 9.80 Å². The minimum atomic E-state index is -0.472. The number of carbonyl (C=O) groups is 2. The van der Waals surface area contributed by atoms with E-state index in [2.05, 4.69) is 6.58 Å². The molecule has 1 heterocycles. The van der Waals surface area contributed by atoms with Crippen LogP contribution in [0.15, 0.2) is 43.0 Å². The van der Waals surface area contributed by atoms with Gasteiger partial charge in [0.2, 0.25) is 11.8 Å². The first-order chi connectivity index (χ1) is 15.8. The van der Waals surface area contributed by atoms with Crippen molar-refractivity contribution in [3.63, 3.8) is 0 Å². The molecule has 0 saturated carbocycles. The minimum absolute atomic E-state index is 0.110. The summed E-state index contributed by atoms with van der Waals surface area (Å²) in [5, 5.41) is 10.4. The molecule has 176 valence electrons. The molecule has 3 rings (SSSR count). The van der Waals surface area contributed by atoms with Gasteiger partial charge in [0, 0.05) is 42.2 Å². The van der Waals surface area contributed by atoms with E-state index < -0.39 is 11.9 Å². The summed E-state index contributed by atoms with van der Waals surface area (Å²) in [6.07, 6.45) is 1.74. The highest BCUT2D eigenvalue weighted by Gasteiger charge is 2.31. The van der Waals surface area contributed by atoms with Gasteiger partial charge in [-0.15, -0.1) is 0 Å². The van der Waals surface area contributed by atoms with Crippen molar-refractivity contribution in [2.75, 3.05) is 33.4 Å². The number of piperazine rings is 1. The van der Waals surface area contributed by atoms with Crippen LogP contribution in [0.2, 0.25) is 10.0 Å². The van der Waals surface area contributed by atoms with Gasteiger partial charge < -0.3 is 19.6 Å². The Morgan fingerprint density at radius 2 is 1.94 bits per heavy atom. The average Bonchev–Trinajstić information content (AvgIpc) is 2.83. The van der Waals surface area contributed by atoms with Crippen LogP contribution in [0.3, 0.4) is 0 Å². The van der Waals surface area contributed by atoms with Gasteiger partial charge in [-0.2, -0.15) is 0 Å². The molecule has 0 aliphatic carbocycles. The van der Waals surface area contributed by atoms with Crippen LogP contribution in [0, 0.1) is 5.82 Å². The highest BCUT2D eigenvalue weighted by Crippen LogP contribution is 2.38. The van der Waals surface area contributed by atoms with Gasteiger partial charge in [0.25, 0.3) is 0 Å². The number of carbonyl (C=O) groups excluding carboxylic acids is 2. The van der Waals surface area contributed by atoms with E-state index in [1.165, 1.54) is 36.3 Å². The quantitative estimate of drug-likeness (QED) is 0.591. The van der Waals surface area contributed by atoms with Crippen molar-refractivity contribution >= 4 is 35.0 Å². The molecule has 2 amide bonds. The zero-order valence-corrected chi connectivity index (χ0v) is 19.7. The van der Waals surface area contributed by atoms with Gasteiger partial charge in [-0.05, 0) is 48.4 Å². The third-order valence-corrected chi connectivity index (χ3v) is 6.34. The number of aliphatic hydroxyl groups is 1. The summed E-state index contributed by atoms with van der Waals surface area (Å²) in [5.41, 5.74) is 1.72. The summed E-state index contributed by atoms with van der Waals surface area (Å²) in [6, 6.07) is 6.95. The topological polar surface area (TPSA) is 70.1 Å². The lowest BCUT2D eigenvalue weighted by atomic mass is 9.99.